The number of hydrogen-bond acceptors (Lipinski definition) is 3. The van der Waals surface area contributed by atoms with E-state index in [2.05, 4.69) is 5.10 Å². The first-order valence-electron chi connectivity index (χ1n) is 10.2. The molecule has 0 radical (unpaired) electrons. The summed E-state index contributed by atoms with van der Waals surface area (Å²) in [5.74, 6) is 0.543. The lowest BCUT2D eigenvalue weighted by molar-refractivity contribution is -0.123. The number of nitrogens with zero attached hydrogens (tertiary/aromatic N) is 3. The molecule has 1 aliphatic rings. The molecule has 0 aliphatic carbocycles. The van der Waals surface area contributed by atoms with Gasteiger partial charge in [0.2, 0.25) is 5.91 Å². The molecule has 0 saturated carbocycles. The second-order valence-electron chi connectivity index (χ2n) is 7.69. The number of amides is 1. The Labute approximate surface area is 175 Å². The molecule has 6 heteroatoms. The molecular formula is C24H24FN3O2. The van der Waals surface area contributed by atoms with Crippen LogP contribution < -0.4 is 4.90 Å². The average Bonchev–Trinajstić information content (AvgIpc) is 3.12. The maximum Gasteiger partial charge on any atom is 0.228 e. The smallest absolute Gasteiger partial charge is 0.228 e. The summed E-state index contributed by atoms with van der Waals surface area (Å²) in [5.41, 5.74) is 3.48. The van der Waals surface area contributed by atoms with Crippen LogP contribution in [0.4, 0.5) is 10.2 Å². The fourth-order valence-corrected chi connectivity index (χ4v) is 3.84. The van der Waals surface area contributed by atoms with E-state index in [0.29, 0.717) is 6.54 Å². The van der Waals surface area contributed by atoms with Gasteiger partial charge in [0.05, 0.1) is 5.69 Å². The lowest BCUT2D eigenvalue weighted by atomic mass is 10.0. The van der Waals surface area contributed by atoms with E-state index in [0.717, 1.165) is 41.2 Å². The van der Waals surface area contributed by atoms with Crippen molar-refractivity contribution in [1.29, 1.82) is 0 Å². The summed E-state index contributed by atoms with van der Waals surface area (Å²) in [5, 5.41) is 4.40. The van der Waals surface area contributed by atoms with Crippen molar-refractivity contribution in [2.24, 2.45) is 0 Å². The van der Waals surface area contributed by atoms with Crippen LogP contribution in [0.2, 0.25) is 0 Å². The van der Waals surface area contributed by atoms with Crippen LogP contribution in [-0.2, 0) is 22.6 Å². The SMILES string of the molecule is Cc1cc2n(n1)CCCN2C(=O)CCC(=O)Cc1ccc(-c2cccc(F)c2)cc1. The van der Waals surface area contributed by atoms with Gasteiger partial charge in [-0.25, -0.2) is 9.07 Å². The molecule has 30 heavy (non-hydrogen) atoms. The highest BCUT2D eigenvalue weighted by atomic mass is 19.1. The topological polar surface area (TPSA) is 55.2 Å². The Morgan fingerprint density at radius 1 is 1.00 bits per heavy atom. The maximum atomic E-state index is 13.4. The number of benzene rings is 2. The van der Waals surface area contributed by atoms with Crippen LogP contribution >= 0.6 is 0 Å². The highest BCUT2D eigenvalue weighted by Crippen LogP contribution is 2.23. The number of Topliss-reactive ketones (excluding diaryl/α,β-unsaturated/α-hetero) is 1. The molecule has 2 heterocycles. The van der Waals surface area contributed by atoms with Crippen LogP contribution in [0.5, 0.6) is 0 Å². The van der Waals surface area contributed by atoms with Crippen molar-refractivity contribution in [2.75, 3.05) is 11.4 Å². The summed E-state index contributed by atoms with van der Waals surface area (Å²) in [4.78, 5) is 26.8. The third kappa shape index (κ3) is 4.48. The Morgan fingerprint density at radius 2 is 1.80 bits per heavy atom. The Kier molecular flexibility index (Phi) is 5.74. The lowest BCUT2D eigenvalue weighted by Crippen LogP contribution is -2.37. The van der Waals surface area contributed by atoms with Gasteiger partial charge in [0.25, 0.3) is 0 Å². The molecule has 0 fully saturated rings. The van der Waals surface area contributed by atoms with Crippen molar-refractivity contribution in [3.8, 4) is 11.1 Å². The first-order valence-corrected chi connectivity index (χ1v) is 10.2. The fraction of sp³-hybridized carbons (Fsp3) is 0.292. The van der Waals surface area contributed by atoms with Gasteiger partial charge in [0.1, 0.15) is 17.4 Å². The highest BCUT2D eigenvalue weighted by Gasteiger charge is 2.24. The summed E-state index contributed by atoms with van der Waals surface area (Å²) >= 11 is 0. The highest BCUT2D eigenvalue weighted by molar-refractivity contribution is 5.95. The van der Waals surface area contributed by atoms with Crippen molar-refractivity contribution in [1.82, 2.24) is 9.78 Å². The number of aryl methyl sites for hydroxylation is 2. The number of carbonyl (C=O) groups excluding carboxylic acids is 2. The van der Waals surface area contributed by atoms with Gasteiger partial charge in [0.15, 0.2) is 0 Å². The zero-order valence-electron chi connectivity index (χ0n) is 17.0. The molecule has 1 aromatic heterocycles. The third-order valence-corrected chi connectivity index (χ3v) is 5.34. The summed E-state index contributed by atoms with van der Waals surface area (Å²) in [7, 11) is 0. The number of hydrogen-bond donors (Lipinski definition) is 0. The molecule has 2 aromatic carbocycles. The predicted molar refractivity (Wildman–Crippen MR) is 114 cm³/mol. The van der Waals surface area contributed by atoms with E-state index in [4.69, 9.17) is 0 Å². The molecule has 4 rings (SSSR count). The number of anilines is 1. The zero-order valence-corrected chi connectivity index (χ0v) is 17.0. The Balaban J connectivity index is 1.32. The molecule has 0 unspecified atom stereocenters. The monoisotopic (exact) mass is 405 g/mol. The molecule has 154 valence electrons. The number of ketones is 1. The Hall–Kier alpha value is -3.28. The van der Waals surface area contributed by atoms with Gasteiger partial charge in [-0.2, -0.15) is 5.10 Å². The number of carbonyl (C=O) groups is 2. The van der Waals surface area contributed by atoms with Gasteiger partial charge in [-0.1, -0.05) is 36.4 Å². The standard InChI is InChI=1S/C24H24FN3O2/c1-17-14-23-27(12-3-13-28(23)26-17)24(30)11-10-22(29)15-18-6-8-19(9-7-18)20-4-2-5-21(25)16-20/h2,4-9,14,16H,3,10-13,15H2,1H3. The summed E-state index contributed by atoms with van der Waals surface area (Å²) in [6, 6.07) is 15.9. The van der Waals surface area contributed by atoms with Gasteiger partial charge in [-0.05, 0) is 42.2 Å². The normalized spacial score (nSPS) is 13.2. The minimum atomic E-state index is -0.275. The van der Waals surface area contributed by atoms with Crippen LogP contribution in [0.1, 0.15) is 30.5 Å². The van der Waals surface area contributed by atoms with Crippen LogP contribution in [0.25, 0.3) is 11.1 Å². The van der Waals surface area contributed by atoms with Crippen molar-refractivity contribution >= 4 is 17.5 Å². The molecular weight excluding hydrogens is 381 g/mol. The number of fused-ring (bicyclic) bond motifs is 1. The Bertz CT molecular complexity index is 1070. The quantitative estimate of drug-likeness (QED) is 0.614. The van der Waals surface area contributed by atoms with Crippen molar-refractivity contribution in [3.63, 3.8) is 0 Å². The summed E-state index contributed by atoms with van der Waals surface area (Å²) in [6.07, 6.45) is 1.57. The van der Waals surface area contributed by atoms with Crippen LogP contribution in [0, 0.1) is 12.7 Å². The molecule has 0 atom stereocenters. The number of aromatic nitrogens is 2. The van der Waals surface area contributed by atoms with Crippen molar-refractivity contribution in [2.45, 2.75) is 39.2 Å². The lowest BCUT2D eigenvalue weighted by Gasteiger charge is -2.27. The zero-order chi connectivity index (χ0) is 21.1. The first-order chi connectivity index (χ1) is 14.5. The van der Waals surface area contributed by atoms with E-state index < -0.39 is 0 Å². The van der Waals surface area contributed by atoms with Gasteiger partial charge >= 0.3 is 0 Å². The third-order valence-electron chi connectivity index (χ3n) is 5.34. The van der Waals surface area contributed by atoms with Gasteiger partial charge in [-0.3, -0.25) is 14.5 Å². The number of halogens is 1. The molecule has 3 aromatic rings. The van der Waals surface area contributed by atoms with Crippen molar-refractivity contribution in [3.05, 3.63) is 71.7 Å². The maximum absolute atomic E-state index is 13.4. The average molecular weight is 405 g/mol. The molecule has 0 N–H and O–H groups in total. The van der Waals surface area contributed by atoms with Crippen LogP contribution in [0.15, 0.2) is 54.6 Å². The second kappa shape index (κ2) is 8.61. The van der Waals surface area contributed by atoms with E-state index in [1.807, 2.05) is 48.0 Å². The molecule has 1 amide bonds. The van der Waals surface area contributed by atoms with E-state index in [-0.39, 0.29) is 36.8 Å². The van der Waals surface area contributed by atoms with Gasteiger partial charge in [0, 0.05) is 38.4 Å². The first kappa shape index (κ1) is 20.0. The molecule has 0 spiro atoms. The van der Waals surface area contributed by atoms with Crippen molar-refractivity contribution < 1.29 is 14.0 Å². The fourth-order valence-electron chi connectivity index (χ4n) is 3.84. The van der Waals surface area contributed by atoms with Crippen LogP contribution in [0.3, 0.4) is 0 Å². The Morgan fingerprint density at radius 3 is 2.57 bits per heavy atom. The van der Waals surface area contributed by atoms with E-state index in [9.17, 15) is 14.0 Å². The minimum Gasteiger partial charge on any atom is -0.299 e. The molecule has 0 bridgehead atoms. The van der Waals surface area contributed by atoms with E-state index in [1.165, 1.54) is 12.1 Å². The van der Waals surface area contributed by atoms with Crippen LogP contribution in [-0.4, -0.2) is 28.0 Å². The summed E-state index contributed by atoms with van der Waals surface area (Å²) in [6.45, 7) is 3.40. The number of rotatable bonds is 6. The van der Waals surface area contributed by atoms with E-state index >= 15 is 0 Å². The second-order valence-corrected chi connectivity index (χ2v) is 7.69. The molecule has 5 nitrogen and oxygen atoms in total. The molecule has 1 aliphatic heterocycles. The minimum absolute atomic E-state index is 0.0311. The van der Waals surface area contributed by atoms with Gasteiger partial charge < -0.3 is 0 Å². The van der Waals surface area contributed by atoms with Gasteiger partial charge in [-0.15, -0.1) is 0 Å². The van der Waals surface area contributed by atoms with E-state index in [1.54, 1.807) is 11.0 Å². The predicted octanol–water partition coefficient (Wildman–Crippen LogP) is 4.33. The summed E-state index contributed by atoms with van der Waals surface area (Å²) < 4.78 is 15.3. The largest absolute Gasteiger partial charge is 0.299 e. The molecule has 0 saturated heterocycles.